The second-order valence-corrected chi connectivity index (χ2v) is 7.89. The zero-order valence-corrected chi connectivity index (χ0v) is 18.1. The molecule has 0 radical (unpaired) electrons. The number of aromatic nitrogens is 1. The molecule has 1 fully saturated rings. The number of amides is 3. The molecule has 1 saturated heterocycles. The number of hydrogen-bond donors (Lipinski definition) is 3. The van der Waals surface area contributed by atoms with Gasteiger partial charge in [0.1, 0.15) is 5.75 Å². The lowest BCUT2D eigenvalue weighted by molar-refractivity contribution is -0.143. The molecule has 0 saturated carbocycles. The van der Waals surface area contributed by atoms with E-state index in [1.807, 2.05) is 5.32 Å². The monoisotopic (exact) mass is 511 g/mol. The largest absolute Gasteiger partial charge is 0.497 e. The van der Waals surface area contributed by atoms with Crippen molar-refractivity contribution in [3.8, 4) is 23.5 Å². The Balaban J connectivity index is 1.81. The number of nitrogens with one attached hydrogen (secondary N) is 2. The van der Waals surface area contributed by atoms with Gasteiger partial charge in [0.05, 0.1) is 24.8 Å². The predicted octanol–water partition coefficient (Wildman–Crippen LogP) is 4.02. The number of urea groups is 1. The third-order valence-electron chi connectivity index (χ3n) is 5.43. The van der Waals surface area contributed by atoms with E-state index >= 15 is 0 Å². The molecule has 0 unspecified atom stereocenters. The van der Waals surface area contributed by atoms with Gasteiger partial charge in [-0.05, 0) is 36.4 Å². The number of alkyl halides is 6. The van der Waals surface area contributed by atoms with E-state index in [9.17, 15) is 41.0 Å². The van der Waals surface area contributed by atoms with Crippen LogP contribution in [0.4, 0.5) is 31.1 Å². The van der Waals surface area contributed by atoms with E-state index in [0.717, 1.165) is 4.57 Å². The molecule has 0 spiro atoms. The molecule has 7 nitrogen and oxygen atoms in total. The molecule has 4 rings (SSSR count). The molecular weight excluding hydrogens is 496 g/mol. The number of fused-ring (bicyclic) bond motifs is 1. The van der Waals surface area contributed by atoms with E-state index in [4.69, 9.17) is 4.74 Å². The van der Waals surface area contributed by atoms with Crippen molar-refractivity contribution in [2.45, 2.75) is 24.4 Å². The van der Waals surface area contributed by atoms with Crippen LogP contribution in [-0.4, -0.2) is 34.3 Å². The van der Waals surface area contributed by atoms with Crippen LogP contribution in [0, 0.1) is 11.8 Å². The van der Waals surface area contributed by atoms with Gasteiger partial charge in [-0.3, -0.25) is 10.1 Å². The number of ether oxygens (including phenoxy) is 1. The Labute approximate surface area is 198 Å². The molecule has 1 atom stereocenters. The minimum atomic E-state index is -5.09. The number of benzene rings is 2. The third-order valence-corrected chi connectivity index (χ3v) is 5.43. The lowest BCUT2D eigenvalue weighted by Gasteiger charge is -2.21. The van der Waals surface area contributed by atoms with Crippen molar-refractivity contribution >= 4 is 22.7 Å². The summed E-state index contributed by atoms with van der Waals surface area (Å²) in [6.45, 7) is -0.508. The smallest absolute Gasteiger partial charge is 0.416 e. The van der Waals surface area contributed by atoms with Crippen molar-refractivity contribution in [1.82, 2.24) is 15.2 Å². The number of carbonyl (C=O) groups excluding carboxylic acids is 2. The molecule has 2 heterocycles. The second kappa shape index (κ2) is 8.40. The van der Waals surface area contributed by atoms with Crippen LogP contribution >= 0.6 is 0 Å². The minimum absolute atomic E-state index is 0.0529. The first kappa shape index (κ1) is 24.8. The topological polar surface area (TPSA) is 92.6 Å². The number of carbonyl (C=O) groups is 2. The van der Waals surface area contributed by atoms with Crippen LogP contribution in [0.15, 0.2) is 42.6 Å². The molecule has 0 bridgehead atoms. The van der Waals surface area contributed by atoms with Gasteiger partial charge in [0.15, 0.2) is 5.88 Å². The maximum atomic E-state index is 13.2. The SMILES string of the molecule is COc1ccc2cn(C[C@@]3(C#Cc4cc(C(F)(F)F)cc(C(F)(F)F)c4)NC(=O)NC3=O)c(O)c2c1. The molecule has 1 aromatic heterocycles. The number of halogens is 6. The predicted molar refractivity (Wildman–Crippen MR) is 113 cm³/mol. The highest BCUT2D eigenvalue weighted by atomic mass is 19.4. The van der Waals surface area contributed by atoms with E-state index in [1.165, 1.54) is 19.4 Å². The fraction of sp³-hybridized carbons (Fsp3) is 0.217. The Morgan fingerprint density at radius 1 is 1.03 bits per heavy atom. The number of methoxy groups -OCH3 is 1. The average Bonchev–Trinajstić information content (AvgIpc) is 3.25. The number of nitrogens with zero attached hydrogens (tertiary/aromatic N) is 1. The molecule has 3 amide bonds. The molecule has 0 aliphatic carbocycles. The summed E-state index contributed by atoms with van der Waals surface area (Å²) in [6, 6.07) is 4.50. The molecule has 1 aliphatic heterocycles. The fourth-order valence-electron chi connectivity index (χ4n) is 3.66. The highest BCUT2D eigenvalue weighted by Gasteiger charge is 2.46. The maximum Gasteiger partial charge on any atom is 0.416 e. The van der Waals surface area contributed by atoms with E-state index in [2.05, 4.69) is 17.2 Å². The number of rotatable bonds is 3. The normalized spacial score (nSPS) is 18.0. The summed E-state index contributed by atoms with van der Waals surface area (Å²) in [5, 5.41) is 15.7. The van der Waals surface area contributed by atoms with Crippen molar-refractivity contribution < 1.29 is 45.8 Å². The van der Waals surface area contributed by atoms with Crippen LogP contribution in [0.2, 0.25) is 0 Å². The van der Waals surface area contributed by atoms with Crippen LogP contribution in [0.3, 0.4) is 0 Å². The lowest BCUT2D eigenvalue weighted by Crippen LogP contribution is -2.49. The average molecular weight is 511 g/mol. The summed E-state index contributed by atoms with van der Waals surface area (Å²) in [4.78, 5) is 24.5. The summed E-state index contributed by atoms with van der Waals surface area (Å²) in [5.41, 5.74) is -5.96. The Morgan fingerprint density at radius 3 is 2.19 bits per heavy atom. The number of aromatic hydroxyl groups is 1. The molecule has 188 valence electrons. The van der Waals surface area contributed by atoms with Gasteiger partial charge in [-0.1, -0.05) is 11.8 Å². The Morgan fingerprint density at radius 2 is 1.67 bits per heavy atom. The number of imide groups is 1. The molecule has 3 aromatic rings. The Kier molecular flexibility index (Phi) is 5.78. The van der Waals surface area contributed by atoms with Crippen LogP contribution in [-0.2, 0) is 23.7 Å². The van der Waals surface area contributed by atoms with Crippen LogP contribution in [0.5, 0.6) is 11.6 Å². The third kappa shape index (κ3) is 4.61. The highest BCUT2D eigenvalue weighted by molar-refractivity contribution is 6.09. The Bertz CT molecular complexity index is 1420. The second-order valence-electron chi connectivity index (χ2n) is 7.89. The first-order valence-corrected chi connectivity index (χ1v) is 10.0. The summed E-state index contributed by atoms with van der Waals surface area (Å²) in [5.74, 6) is 3.54. The van der Waals surface area contributed by atoms with E-state index < -0.39 is 53.1 Å². The minimum Gasteiger partial charge on any atom is -0.497 e. The summed E-state index contributed by atoms with van der Waals surface area (Å²) in [6.07, 6.45) is -8.75. The molecule has 1 aliphatic rings. The lowest BCUT2D eigenvalue weighted by atomic mass is 9.98. The molecule has 13 heteroatoms. The van der Waals surface area contributed by atoms with Crippen molar-refractivity contribution in [2.75, 3.05) is 7.11 Å². The van der Waals surface area contributed by atoms with Crippen molar-refractivity contribution in [1.29, 1.82) is 0 Å². The fourth-order valence-corrected chi connectivity index (χ4v) is 3.66. The van der Waals surface area contributed by atoms with E-state index in [-0.39, 0.29) is 11.9 Å². The van der Waals surface area contributed by atoms with Gasteiger partial charge in [0, 0.05) is 22.5 Å². The summed E-state index contributed by atoms with van der Waals surface area (Å²) >= 11 is 0. The van der Waals surface area contributed by atoms with Gasteiger partial charge >= 0.3 is 18.4 Å². The van der Waals surface area contributed by atoms with Crippen LogP contribution < -0.4 is 15.4 Å². The van der Waals surface area contributed by atoms with Gasteiger partial charge in [-0.15, -0.1) is 0 Å². The number of hydrogen-bond acceptors (Lipinski definition) is 4. The van der Waals surface area contributed by atoms with Crippen LogP contribution in [0.25, 0.3) is 10.8 Å². The summed E-state index contributed by atoms with van der Waals surface area (Å²) < 4.78 is 85.3. The standard InChI is InChI=1S/C23H15F6N3O4/c1-36-16-3-2-13-10-32(18(33)17(13)9-16)11-21(19(34)30-20(35)31-21)5-4-12-6-14(22(24,25)26)8-15(7-12)23(27,28)29/h2-3,6-10,33H,11H2,1H3,(H2,30,31,34,35)/t21-/m1/s1. The van der Waals surface area contributed by atoms with Gasteiger partial charge in [0.2, 0.25) is 5.54 Å². The molecule has 36 heavy (non-hydrogen) atoms. The molecule has 3 N–H and O–H groups in total. The van der Waals surface area contributed by atoms with Gasteiger partial charge in [-0.2, -0.15) is 26.3 Å². The van der Waals surface area contributed by atoms with Crippen molar-refractivity contribution in [2.24, 2.45) is 0 Å². The van der Waals surface area contributed by atoms with Gasteiger partial charge in [-0.25, -0.2) is 4.79 Å². The van der Waals surface area contributed by atoms with Crippen molar-refractivity contribution in [3.63, 3.8) is 0 Å². The first-order valence-electron chi connectivity index (χ1n) is 10.0. The van der Waals surface area contributed by atoms with Crippen LogP contribution in [0.1, 0.15) is 16.7 Å². The zero-order chi connectivity index (χ0) is 26.5. The molecular formula is C23H15F6N3O4. The summed E-state index contributed by atoms with van der Waals surface area (Å²) in [7, 11) is 1.41. The van der Waals surface area contributed by atoms with Crippen molar-refractivity contribution in [3.05, 3.63) is 59.3 Å². The zero-order valence-electron chi connectivity index (χ0n) is 18.1. The highest BCUT2D eigenvalue weighted by Crippen LogP contribution is 2.36. The quantitative estimate of drug-likeness (QED) is 0.282. The van der Waals surface area contributed by atoms with E-state index in [1.54, 1.807) is 12.1 Å². The molecule has 2 aromatic carbocycles. The van der Waals surface area contributed by atoms with E-state index in [0.29, 0.717) is 28.7 Å². The maximum absolute atomic E-state index is 13.2. The van der Waals surface area contributed by atoms with Gasteiger partial charge < -0.3 is 19.7 Å². The van der Waals surface area contributed by atoms with Gasteiger partial charge in [0.25, 0.3) is 5.91 Å². The Hall–Kier alpha value is -4.34. The first-order chi connectivity index (χ1) is 16.7.